The molecule has 0 aliphatic rings. The molecule has 0 fully saturated rings. The fourth-order valence-corrected chi connectivity index (χ4v) is 3.23. The molecule has 1 aromatic carbocycles. The second-order valence-electron chi connectivity index (χ2n) is 5.68. The monoisotopic (exact) mass is 251 g/mol. The second kappa shape index (κ2) is 6.33. The molecule has 96 valence electrons. The van der Waals surface area contributed by atoms with Crippen LogP contribution in [0.4, 0.5) is 0 Å². The molecule has 1 rings (SSSR count). The van der Waals surface area contributed by atoms with E-state index >= 15 is 0 Å². The maximum Gasteiger partial charge on any atom is 0.0966 e. The minimum Gasteiger partial charge on any atom is -0.370 e. The van der Waals surface area contributed by atoms with Crippen LogP contribution in [0.2, 0.25) is 25.2 Å². The highest BCUT2D eigenvalue weighted by Gasteiger charge is 2.30. The highest BCUT2D eigenvalue weighted by Crippen LogP contribution is 2.34. The molecular formula is C14H25NOSi. The lowest BCUT2D eigenvalue weighted by Crippen LogP contribution is -2.37. The predicted molar refractivity (Wildman–Crippen MR) is 77.0 cm³/mol. The summed E-state index contributed by atoms with van der Waals surface area (Å²) in [5.41, 5.74) is 2.03. The SMILES string of the molecule is COCNC(c1ccccc1)C(C)[Si](C)(C)C. The Bertz CT molecular complexity index is 321. The van der Waals surface area contributed by atoms with Crippen molar-refractivity contribution in [3.8, 4) is 0 Å². The minimum absolute atomic E-state index is 0.391. The molecule has 0 aliphatic carbocycles. The van der Waals surface area contributed by atoms with Gasteiger partial charge >= 0.3 is 0 Å². The molecule has 2 unspecified atom stereocenters. The molecule has 0 heterocycles. The molecule has 0 aliphatic heterocycles. The van der Waals surface area contributed by atoms with Crippen molar-refractivity contribution in [3.05, 3.63) is 35.9 Å². The molecule has 0 spiro atoms. The maximum absolute atomic E-state index is 5.16. The van der Waals surface area contributed by atoms with Crippen molar-refractivity contribution in [2.45, 2.75) is 38.1 Å². The smallest absolute Gasteiger partial charge is 0.0966 e. The summed E-state index contributed by atoms with van der Waals surface area (Å²) in [4.78, 5) is 0. The van der Waals surface area contributed by atoms with Crippen LogP contribution in [-0.4, -0.2) is 21.9 Å². The molecule has 0 saturated heterocycles. The number of rotatable bonds is 6. The van der Waals surface area contributed by atoms with Crippen LogP contribution in [0.15, 0.2) is 30.3 Å². The fraction of sp³-hybridized carbons (Fsp3) is 0.571. The van der Waals surface area contributed by atoms with Crippen molar-refractivity contribution in [1.29, 1.82) is 0 Å². The van der Waals surface area contributed by atoms with Gasteiger partial charge in [0.05, 0.1) is 6.73 Å². The van der Waals surface area contributed by atoms with Crippen molar-refractivity contribution in [2.24, 2.45) is 0 Å². The van der Waals surface area contributed by atoms with Gasteiger partial charge in [-0.15, -0.1) is 0 Å². The van der Waals surface area contributed by atoms with E-state index in [-0.39, 0.29) is 0 Å². The van der Waals surface area contributed by atoms with Gasteiger partial charge in [-0.25, -0.2) is 0 Å². The van der Waals surface area contributed by atoms with E-state index in [1.54, 1.807) is 7.11 Å². The molecule has 3 heteroatoms. The minimum atomic E-state index is -1.17. The zero-order chi connectivity index (χ0) is 12.9. The maximum atomic E-state index is 5.16. The number of nitrogens with one attached hydrogen (secondary N) is 1. The summed E-state index contributed by atoms with van der Waals surface area (Å²) in [5.74, 6) is 0. The normalized spacial score (nSPS) is 15.6. The van der Waals surface area contributed by atoms with Gasteiger partial charge in [-0.05, 0) is 11.1 Å². The van der Waals surface area contributed by atoms with Crippen LogP contribution in [0.5, 0.6) is 0 Å². The Morgan fingerprint density at radius 1 is 1.18 bits per heavy atom. The topological polar surface area (TPSA) is 21.3 Å². The first-order valence-electron chi connectivity index (χ1n) is 6.24. The average molecular weight is 251 g/mol. The molecule has 2 atom stereocenters. The summed E-state index contributed by atoms with van der Waals surface area (Å²) < 4.78 is 5.16. The largest absolute Gasteiger partial charge is 0.370 e. The van der Waals surface area contributed by atoms with E-state index in [1.165, 1.54) is 5.56 Å². The molecule has 0 bridgehead atoms. The lowest BCUT2D eigenvalue weighted by Gasteiger charge is -2.34. The quantitative estimate of drug-likeness (QED) is 0.615. The predicted octanol–water partition coefficient (Wildman–Crippen LogP) is 3.65. The van der Waals surface area contributed by atoms with Gasteiger partial charge in [-0.2, -0.15) is 0 Å². The summed E-state index contributed by atoms with van der Waals surface area (Å²) in [5, 5.41) is 3.50. The fourth-order valence-electron chi connectivity index (χ4n) is 1.92. The third-order valence-electron chi connectivity index (χ3n) is 3.47. The van der Waals surface area contributed by atoms with Crippen LogP contribution in [-0.2, 0) is 4.74 Å². The van der Waals surface area contributed by atoms with Gasteiger partial charge in [-0.1, -0.05) is 56.9 Å². The molecule has 0 aromatic heterocycles. The van der Waals surface area contributed by atoms with Crippen LogP contribution >= 0.6 is 0 Å². The van der Waals surface area contributed by atoms with E-state index in [1.807, 2.05) is 0 Å². The van der Waals surface area contributed by atoms with Crippen molar-refractivity contribution < 1.29 is 4.74 Å². The lowest BCUT2D eigenvalue weighted by atomic mass is 10.0. The summed E-state index contributed by atoms with van der Waals surface area (Å²) in [6, 6.07) is 11.1. The van der Waals surface area contributed by atoms with Gasteiger partial charge in [0.15, 0.2) is 0 Å². The molecule has 1 aromatic rings. The second-order valence-corrected chi connectivity index (χ2v) is 11.3. The summed E-state index contributed by atoms with van der Waals surface area (Å²) >= 11 is 0. The number of hydrogen-bond donors (Lipinski definition) is 1. The average Bonchev–Trinajstić information content (AvgIpc) is 2.29. The van der Waals surface area contributed by atoms with Gasteiger partial charge in [-0.3, -0.25) is 5.32 Å². The van der Waals surface area contributed by atoms with E-state index in [4.69, 9.17) is 4.74 Å². The first-order chi connectivity index (χ1) is 7.96. The van der Waals surface area contributed by atoms with Crippen molar-refractivity contribution in [1.82, 2.24) is 5.32 Å². The van der Waals surface area contributed by atoms with Crippen LogP contribution < -0.4 is 5.32 Å². The Kier molecular flexibility index (Phi) is 5.37. The van der Waals surface area contributed by atoms with Crippen molar-refractivity contribution in [3.63, 3.8) is 0 Å². The van der Waals surface area contributed by atoms with Crippen LogP contribution in [0.1, 0.15) is 18.5 Å². The standard InChI is InChI=1S/C14H25NOSi/c1-12(17(3,4)5)14(15-11-16-2)13-9-7-6-8-10-13/h6-10,12,14-15H,11H2,1-5H3. The van der Waals surface area contributed by atoms with Gasteiger partial charge in [0.1, 0.15) is 0 Å². The van der Waals surface area contributed by atoms with E-state index in [2.05, 4.69) is 62.2 Å². The van der Waals surface area contributed by atoms with Crippen LogP contribution in [0.25, 0.3) is 0 Å². The molecule has 1 N–H and O–H groups in total. The van der Waals surface area contributed by atoms with E-state index in [9.17, 15) is 0 Å². The zero-order valence-corrected chi connectivity index (χ0v) is 12.7. The Morgan fingerprint density at radius 3 is 2.24 bits per heavy atom. The summed E-state index contributed by atoms with van der Waals surface area (Å²) in [7, 11) is 0.556. The molecule has 0 saturated carbocycles. The number of methoxy groups -OCH3 is 1. The van der Waals surface area contributed by atoms with Crippen LogP contribution in [0, 0.1) is 0 Å². The van der Waals surface area contributed by atoms with Crippen LogP contribution in [0.3, 0.4) is 0 Å². The summed E-state index contributed by atoms with van der Waals surface area (Å²) in [6.07, 6.45) is 0. The Hall–Kier alpha value is -0.643. The highest BCUT2D eigenvalue weighted by molar-refractivity contribution is 6.77. The van der Waals surface area contributed by atoms with Gasteiger partial charge in [0, 0.05) is 21.2 Å². The Labute approximate surface area is 106 Å². The van der Waals surface area contributed by atoms with Gasteiger partial charge in [0.2, 0.25) is 0 Å². The van der Waals surface area contributed by atoms with E-state index in [0.717, 1.165) is 0 Å². The lowest BCUT2D eigenvalue weighted by molar-refractivity contribution is 0.162. The third kappa shape index (κ3) is 4.26. The number of hydrogen-bond acceptors (Lipinski definition) is 2. The third-order valence-corrected chi connectivity index (χ3v) is 6.54. The zero-order valence-electron chi connectivity index (χ0n) is 11.7. The van der Waals surface area contributed by atoms with Gasteiger partial charge in [0.25, 0.3) is 0 Å². The van der Waals surface area contributed by atoms with Crippen molar-refractivity contribution in [2.75, 3.05) is 13.8 Å². The molecular weight excluding hydrogens is 226 g/mol. The first kappa shape index (κ1) is 14.4. The summed E-state index contributed by atoms with van der Waals surface area (Å²) in [6.45, 7) is 10.2. The van der Waals surface area contributed by atoms with E-state index < -0.39 is 8.07 Å². The molecule has 17 heavy (non-hydrogen) atoms. The Morgan fingerprint density at radius 2 is 1.76 bits per heavy atom. The molecule has 0 amide bonds. The molecule has 2 nitrogen and oxygen atoms in total. The molecule has 0 radical (unpaired) electrons. The first-order valence-corrected chi connectivity index (χ1v) is 9.82. The number of ether oxygens (including phenoxy) is 1. The van der Waals surface area contributed by atoms with Crippen molar-refractivity contribution >= 4 is 8.07 Å². The highest BCUT2D eigenvalue weighted by atomic mass is 28.3. The number of benzene rings is 1. The van der Waals surface area contributed by atoms with Gasteiger partial charge < -0.3 is 4.74 Å². The Balaban J connectivity index is 2.88. The van der Waals surface area contributed by atoms with E-state index in [0.29, 0.717) is 18.3 Å².